The zero-order valence-corrected chi connectivity index (χ0v) is 11.0. The number of carbonyl (C=O) groups is 1. The normalized spacial score (nSPS) is 10.8. The Labute approximate surface area is 114 Å². The van der Waals surface area contributed by atoms with E-state index in [1.807, 2.05) is 13.8 Å². The van der Waals surface area contributed by atoms with Gasteiger partial charge in [-0.2, -0.15) is 5.10 Å². The maximum Gasteiger partial charge on any atom is 0.258 e. The molecule has 2 rings (SSSR count). The number of nitrogens with one attached hydrogen (secondary N) is 1. The third-order valence-corrected chi connectivity index (χ3v) is 2.70. The van der Waals surface area contributed by atoms with Crippen LogP contribution in [0.2, 0.25) is 0 Å². The molecular weight excluding hydrogens is 266 g/mol. The van der Waals surface area contributed by atoms with E-state index < -0.39 is 28.8 Å². The number of aromatic nitrogens is 2. The van der Waals surface area contributed by atoms with Crippen molar-refractivity contribution >= 4 is 17.3 Å². The number of hydrogen-bond donors (Lipinski definition) is 2. The molecule has 0 saturated carbocycles. The molecule has 0 aliphatic heterocycles. The second kappa shape index (κ2) is 5.28. The number of nitrogens with zero attached hydrogens (tertiary/aromatic N) is 2. The highest BCUT2D eigenvalue weighted by Gasteiger charge is 2.17. The predicted octanol–water partition coefficient (Wildman–Crippen LogP) is 2.58. The van der Waals surface area contributed by atoms with Crippen LogP contribution >= 0.6 is 0 Å². The number of amides is 1. The van der Waals surface area contributed by atoms with E-state index in [1.165, 1.54) is 6.20 Å². The first-order chi connectivity index (χ1) is 9.38. The molecule has 1 aromatic carbocycles. The van der Waals surface area contributed by atoms with Crippen molar-refractivity contribution in [2.24, 2.45) is 0 Å². The minimum Gasteiger partial charge on any atom is -0.396 e. The summed E-state index contributed by atoms with van der Waals surface area (Å²) in [6.07, 6.45) is 3.03. The van der Waals surface area contributed by atoms with Gasteiger partial charge in [0.1, 0.15) is 5.82 Å². The van der Waals surface area contributed by atoms with Gasteiger partial charge < -0.3 is 11.1 Å². The largest absolute Gasteiger partial charge is 0.396 e. The summed E-state index contributed by atoms with van der Waals surface area (Å²) < 4.78 is 28.5. The van der Waals surface area contributed by atoms with E-state index in [9.17, 15) is 13.6 Å². The molecule has 2 aromatic rings. The second-order valence-corrected chi connectivity index (χ2v) is 4.61. The quantitative estimate of drug-likeness (QED) is 0.849. The van der Waals surface area contributed by atoms with Crippen LogP contribution in [0.1, 0.15) is 30.2 Å². The van der Waals surface area contributed by atoms with Crippen molar-refractivity contribution in [1.82, 2.24) is 9.78 Å². The van der Waals surface area contributed by atoms with Gasteiger partial charge in [-0.05, 0) is 26.0 Å². The standard InChI is InChI=1S/C13H14F2N4O/c1-7(2)19-6-9(5-17-19)18-13(20)10-3-8(14)4-11(16)12(10)15/h3-7H,16H2,1-2H3,(H,18,20). The zero-order chi connectivity index (χ0) is 14.9. The Kier molecular flexibility index (Phi) is 3.69. The minimum atomic E-state index is -0.944. The van der Waals surface area contributed by atoms with E-state index in [2.05, 4.69) is 10.4 Å². The summed E-state index contributed by atoms with van der Waals surface area (Å²) >= 11 is 0. The molecule has 1 heterocycles. The SMILES string of the molecule is CC(C)n1cc(NC(=O)c2cc(F)cc(N)c2F)cn1. The molecule has 7 heteroatoms. The van der Waals surface area contributed by atoms with Crippen LogP contribution in [0, 0.1) is 11.6 Å². The van der Waals surface area contributed by atoms with Crippen molar-refractivity contribution in [2.45, 2.75) is 19.9 Å². The van der Waals surface area contributed by atoms with Gasteiger partial charge in [-0.15, -0.1) is 0 Å². The summed E-state index contributed by atoms with van der Waals surface area (Å²) in [6, 6.07) is 1.75. The number of halogens is 2. The molecule has 1 aromatic heterocycles. The molecule has 3 N–H and O–H groups in total. The Morgan fingerprint density at radius 3 is 2.70 bits per heavy atom. The van der Waals surface area contributed by atoms with Crippen molar-refractivity contribution < 1.29 is 13.6 Å². The number of carbonyl (C=O) groups excluding carboxylic acids is 1. The number of benzene rings is 1. The maximum atomic E-state index is 13.7. The lowest BCUT2D eigenvalue weighted by molar-refractivity contribution is 0.102. The molecule has 0 aliphatic rings. The van der Waals surface area contributed by atoms with Crippen LogP contribution in [0.4, 0.5) is 20.2 Å². The van der Waals surface area contributed by atoms with Crippen LogP contribution in [-0.2, 0) is 0 Å². The van der Waals surface area contributed by atoms with Gasteiger partial charge in [0.2, 0.25) is 0 Å². The highest BCUT2D eigenvalue weighted by molar-refractivity contribution is 6.04. The molecule has 0 radical (unpaired) electrons. The Morgan fingerprint density at radius 2 is 2.10 bits per heavy atom. The maximum absolute atomic E-state index is 13.7. The monoisotopic (exact) mass is 280 g/mol. The van der Waals surface area contributed by atoms with Crippen molar-refractivity contribution in [3.8, 4) is 0 Å². The van der Waals surface area contributed by atoms with Gasteiger partial charge in [0.25, 0.3) is 5.91 Å². The van der Waals surface area contributed by atoms with Crippen LogP contribution in [0.5, 0.6) is 0 Å². The molecular formula is C13H14F2N4O. The summed E-state index contributed by atoms with van der Waals surface area (Å²) in [5.74, 6) is -2.50. The van der Waals surface area contributed by atoms with E-state index in [0.717, 1.165) is 12.1 Å². The topological polar surface area (TPSA) is 72.9 Å². The zero-order valence-electron chi connectivity index (χ0n) is 11.0. The Hall–Kier alpha value is -2.44. The molecule has 0 unspecified atom stereocenters. The van der Waals surface area contributed by atoms with Gasteiger partial charge in [0.15, 0.2) is 5.82 Å². The molecule has 0 aliphatic carbocycles. The minimum absolute atomic E-state index is 0.127. The molecule has 0 spiro atoms. The van der Waals surface area contributed by atoms with Crippen LogP contribution < -0.4 is 11.1 Å². The number of hydrogen-bond acceptors (Lipinski definition) is 3. The van der Waals surface area contributed by atoms with Crippen LogP contribution in [0.25, 0.3) is 0 Å². The smallest absolute Gasteiger partial charge is 0.258 e. The highest BCUT2D eigenvalue weighted by atomic mass is 19.1. The molecule has 106 valence electrons. The Bertz CT molecular complexity index is 652. The number of nitrogen functional groups attached to an aromatic ring is 1. The van der Waals surface area contributed by atoms with Crippen molar-refractivity contribution in [3.05, 3.63) is 41.7 Å². The average Bonchev–Trinajstić information content (AvgIpc) is 2.82. The second-order valence-electron chi connectivity index (χ2n) is 4.61. The van der Waals surface area contributed by atoms with E-state index >= 15 is 0 Å². The lowest BCUT2D eigenvalue weighted by Gasteiger charge is -2.06. The molecule has 0 fully saturated rings. The van der Waals surface area contributed by atoms with Crippen LogP contribution in [0.15, 0.2) is 24.5 Å². The molecule has 1 amide bonds. The summed E-state index contributed by atoms with van der Waals surface area (Å²) in [6.45, 7) is 3.84. The lowest BCUT2D eigenvalue weighted by Crippen LogP contribution is -2.15. The first kappa shape index (κ1) is 14.0. The summed E-state index contributed by atoms with van der Waals surface area (Å²) in [7, 11) is 0. The van der Waals surface area contributed by atoms with Gasteiger partial charge in [0.05, 0.1) is 23.1 Å². The number of anilines is 2. The Balaban J connectivity index is 2.23. The van der Waals surface area contributed by atoms with Crippen molar-refractivity contribution in [1.29, 1.82) is 0 Å². The van der Waals surface area contributed by atoms with E-state index in [4.69, 9.17) is 5.73 Å². The van der Waals surface area contributed by atoms with Gasteiger partial charge in [-0.25, -0.2) is 8.78 Å². The van der Waals surface area contributed by atoms with Gasteiger partial charge in [-0.3, -0.25) is 9.48 Å². The first-order valence-corrected chi connectivity index (χ1v) is 5.98. The van der Waals surface area contributed by atoms with Gasteiger partial charge >= 0.3 is 0 Å². The summed E-state index contributed by atoms with van der Waals surface area (Å²) in [5, 5.41) is 6.47. The van der Waals surface area contributed by atoms with Crippen molar-refractivity contribution in [2.75, 3.05) is 11.1 Å². The molecule has 0 saturated heterocycles. The number of rotatable bonds is 3. The average molecular weight is 280 g/mol. The van der Waals surface area contributed by atoms with E-state index in [-0.39, 0.29) is 6.04 Å². The van der Waals surface area contributed by atoms with E-state index in [0.29, 0.717) is 5.69 Å². The molecule has 0 atom stereocenters. The summed E-state index contributed by atoms with van der Waals surface area (Å²) in [5.41, 5.74) is 4.83. The highest BCUT2D eigenvalue weighted by Crippen LogP contribution is 2.19. The van der Waals surface area contributed by atoms with Crippen molar-refractivity contribution in [3.63, 3.8) is 0 Å². The summed E-state index contributed by atoms with van der Waals surface area (Å²) in [4.78, 5) is 11.9. The molecule has 0 bridgehead atoms. The van der Waals surface area contributed by atoms with Gasteiger partial charge in [-0.1, -0.05) is 0 Å². The predicted molar refractivity (Wildman–Crippen MR) is 71.3 cm³/mol. The third-order valence-electron chi connectivity index (χ3n) is 2.70. The first-order valence-electron chi connectivity index (χ1n) is 5.98. The molecule has 5 nitrogen and oxygen atoms in total. The third kappa shape index (κ3) is 2.76. The fourth-order valence-electron chi connectivity index (χ4n) is 1.66. The number of nitrogens with two attached hydrogens (primary N) is 1. The molecule has 20 heavy (non-hydrogen) atoms. The van der Waals surface area contributed by atoms with Gasteiger partial charge in [0, 0.05) is 12.2 Å². The fraction of sp³-hybridized carbons (Fsp3) is 0.231. The van der Waals surface area contributed by atoms with E-state index in [1.54, 1.807) is 10.9 Å². The van der Waals surface area contributed by atoms with Crippen LogP contribution in [-0.4, -0.2) is 15.7 Å². The lowest BCUT2D eigenvalue weighted by atomic mass is 10.1. The van der Waals surface area contributed by atoms with Crippen LogP contribution in [0.3, 0.4) is 0 Å². The fourth-order valence-corrected chi connectivity index (χ4v) is 1.66. The Morgan fingerprint density at radius 1 is 1.40 bits per heavy atom.